The van der Waals surface area contributed by atoms with Gasteiger partial charge in [0, 0.05) is 5.56 Å². The SMILES string of the molecule is CCOc1cc(C=C2N=C(c3ccccc3)OC2=O)cc(Br)c1OCCOc1ccccc1. The second kappa shape index (κ2) is 10.8. The van der Waals surface area contributed by atoms with Crippen LogP contribution in [0, 0.1) is 0 Å². The number of para-hydroxylation sites is 1. The van der Waals surface area contributed by atoms with Crippen molar-refractivity contribution < 1.29 is 23.7 Å². The van der Waals surface area contributed by atoms with Crippen molar-refractivity contribution in [2.24, 2.45) is 4.99 Å². The summed E-state index contributed by atoms with van der Waals surface area (Å²) in [6.07, 6.45) is 1.66. The molecule has 6 nitrogen and oxygen atoms in total. The molecule has 1 aliphatic heterocycles. The lowest BCUT2D eigenvalue weighted by Gasteiger charge is -2.15. The van der Waals surface area contributed by atoms with Crippen molar-refractivity contribution in [1.82, 2.24) is 0 Å². The highest BCUT2D eigenvalue weighted by atomic mass is 79.9. The smallest absolute Gasteiger partial charge is 0.363 e. The van der Waals surface area contributed by atoms with Crippen molar-refractivity contribution in [3.05, 3.63) is 94.1 Å². The molecule has 0 radical (unpaired) electrons. The molecule has 1 heterocycles. The minimum atomic E-state index is -0.499. The first-order chi connectivity index (χ1) is 16.1. The average molecular weight is 508 g/mol. The minimum Gasteiger partial charge on any atom is -0.490 e. The van der Waals surface area contributed by atoms with E-state index in [2.05, 4.69) is 20.9 Å². The summed E-state index contributed by atoms with van der Waals surface area (Å²) in [6.45, 7) is 3.08. The Balaban J connectivity index is 1.50. The van der Waals surface area contributed by atoms with Gasteiger partial charge in [-0.05, 0) is 70.9 Å². The molecule has 1 aliphatic rings. The molecule has 0 fully saturated rings. The largest absolute Gasteiger partial charge is 0.490 e. The normalized spacial score (nSPS) is 14.1. The number of nitrogens with zero attached hydrogens (tertiary/aromatic N) is 1. The summed E-state index contributed by atoms with van der Waals surface area (Å²) in [6, 6.07) is 22.5. The second-order valence-corrected chi connectivity index (χ2v) is 7.83. The number of aliphatic imine (C=N–C) groups is 1. The zero-order chi connectivity index (χ0) is 23.0. The van der Waals surface area contributed by atoms with E-state index >= 15 is 0 Å². The van der Waals surface area contributed by atoms with Crippen LogP contribution in [0.4, 0.5) is 0 Å². The maximum Gasteiger partial charge on any atom is 0.363 e. The summed E-state index contributed by atoms with van der Waals surface area (Å²) in [5.74, 6) is 1.69. The van der Waals surface area contributed by atoms with Crippen LogP contribution < -0.4 is 14.2 Å². The molecule has 0 atom stereocenters. The van der Waals surface area contributed by atoms with Gasteiger partial charge >= 0.3 is 5.97 Å². The van der Waals surface area contributed by atoms with Crippen LogP contribution in [0.3, 0.4) is 0 Å². The number of esters is 1. The Labute approximate surface area is 200 Å². The van der Waals surface area contributed by atoms with E-state index in [4.69, 9.17) is 18.9 Å². The van der Waals surface area contributed by atoms with Gasteiger partial charge in [0.1, 0.15) is 19.0 Å². The number of carbonyl (C=O) groups excluding carboxylic acids is 1. The number of hydrogen-bond donors (Lipinski definition) is 0. The number of rotatable bonds is 9. The molecular weight excluding hydrogens is 486 g/mol. The lowest BCUT2D eigenvalue weighted by molar-refractivity contribution is -0.129. The van der Waals surface area contributed by atoms with E-state index in [1.54, 1.807) is 12.1 Å². The molecule has 0 amide bonds. The Kier molecular flexibility index (Phi) is 7.42. The molecule has 33 heavy (non-hydrogen) atoms. The summed E-state index contributed by atoms with van der Waals surface area (Å²) in [7, 11) is 0. The molecule has 3 aromatic carbocycles. The van der Waals surface area contributed by atoms with Crippen LogP contribution in [0.5, 0.6) is 17.2 Å². The first-order valence-corrected chi connectivity index (χ1v) is 11.3. The van der Waals surface area contributed by atoms with Gasteiger partial charge in [-0.1, -0.05) is 36.4 Å². The molecule has 168 valence electrons. The van der Waals surface area contributed by atoms with Gasteiger partial charge in [0.05, 0.1) is 11.1 Å². The monoisotopic (exact) mass is 507 g/mol. The number of benzene rings is 3. The summed E-state index contributed by atoms with van der Waals surface area (Å²) in [5.41, 5.74) is 1.68. The van der Waals surface area contributed by atoms with E-state index in [0.29, 0.717) is 35.8 Å². The van der Waals surface area contributed by atoms with Gasteiger partial charge in [-0.3, -0.25) is 0 Å². The van der Waals surface area contributed by atoms with E-state index < -0.39 is 5.97 Å². The van der Waals surface area contributed by atoms with Gasteiger partial charge in [-0.25, -0.2) is 9.79 Å². The second-order valence-electron chi connectivity index (χ2n) is 6.98. The van der Waals surface area contributed by atoms with Crippen LogP contribution in [0.15, 0.2) is 88.0 Å². The number of carbonyl (C=O) groups is 1. The molecule has 0 N–H and O–H groups in total. The molecule has 0 aliphatic carbocycles. The van der Waals surface area contributed by atoms with Gasteiger partial charge in [-0.15, -0.1) is 0 Å². The van der Waals surface area contributed by atoms with E-state index in [9.17, 15) is 4.79 Å². The predicted octanol–water partition coefficient (Wildman–Crippen LogP) is 5.65. The molecular formula is C26H22BrNO5. The number of halogens is 1. The van der Waals surface area contributed by atoms with Crippen molar-refractivity contribution in [1.29, 1.82) is 0 Å². The highest BCUT2D eigenvalue weighted by Crippen LogP contribution is 2.38. The van der Waals surface area contributed by atoms with Gasteiger partial charge in [0.2, 0.25) is 5.90 Å². The van der Waals surface area contributed by atoms with Crippen LogP contribution in [0.1, 0.15) is 18.1 Å². The lowest BCUT2D eigenvalue weighted by atomic mass is 10.1. The van der Waals surface area contributed by atoms with E-state index in [0.717, 1.165) is 16.9 Å². The van der Waals surface area contributed by atoms with Crippen LogP contribution in [0.2, 0.25) is 0 Å². The van der Waals surface area contributed by atoms with Gasteiger partial charge in [0.15, 0.2) is 17.2 Å². The first kappa shape index (κ1) is 22.6. The third-order valence-corrected chi connectivity index (χ3v) is 5.21. The fourth-order valence-electron chi connectivity index (χ4n) is 3.17. The highest BCUT2D eigenvalue weighted by Gasteiger charge is 2.24. The summed E-state index contributed by atoms with van der Waals surface area (Å²) >= 11 is 3.55. The Morgan fingerprint density at radius 2 is 1.64 bits per heavy atom. The molecule has 7 heteroatoms. The third-order valence-electron chi connectivity index (χ3n) is 4.62. The van der Waals surface area contributed by atoms with Gasteiger partial charge in [0.25, 0.3) is 0 Å². The maximum absolute atomic E-state index is 12.3. The van der Waals surface area contributed by atoms with E-state index in [-0.39, 0.29) is 11.6 Å². The molecule has 4 rings (SSSR count). The van der Waals surface area contributed by atoms with Crippen LogP contribution in [-0.2, 0) is 9.53 Å². The van der Waals surface area contributed by atoms with Crippen molar-refractivity contribution >= 4 is 33.9 Å². The third kappa shape index (κ3) is 5.81. The summed E-state index contributed by atoms with van der Waals surface area (Å²) < 4.78 is 23.4. The van der Waals surface area contributed by atoms with Gasteiger partial charge < -0.3 is 18.9 Å². The maximum atomic E-state index is 12.3. The average Bonchev–Trinajstić information content (AvgIpc) is 3.19. The fraction of sp³-hybridized carbons (Fsp3) is 0.154. The number of cyclic esters (lactones) is 1. The zero-order valence-electron chi connectivity index (χ0n) is 18.0. The van der Waals surface area contributed by atoms with Crippen LogP contribution >= 0.6 is 15.9 Å². The molecule has 0 bridgehead atoms. The molecule has 3 aromatic rings. The van der Waals surface area contributed by atoms with Crippen LogP contribution in [0.25, 0.3) is 6.08 Å². The quantitative estimate of drug-likeness (QED) is 0.212. The first-order valence-electron chi connectivity index (χ1n) is 10.5. The van der Waals surface area contributed by atoms with Crippen molar-refractivity contribution in [3.63, 3.8) is 0 Å². The van der Waals surface area contributed by atoms with Crippen molar-refractivity contribution in [3.8, 4) is 17.2 Å². The minimum absolute atomic E-state index is 0.216. The van der Waals surface area contributed by atoms with Crippen LogP contribution in [-0.4, -0.2) is 31.7 Å². The number of ether oxygens (including phenoxy) is 4. The van der Waals surface area contributed by atoms with E-state index in [1.807, 2.05) is 73.7 Å². The van der Waals surface area contributed by atoms with E-state index in [1.165, 1.54) is 0 Å². The number of hydrogen-bond acceptors (Lipinski definition) is 6. The Hall–Kier alpha value is -3.58. The molecule has 0 spiro atoms. The summed E-state index contributed by atoms with van der Waals surface area (Å²) in [4.78, 5) is 16.7. The highest BCUT2D eigenvalue weighted by molar-refractivity contribution is 9.10. The molecule has 0 aromatic heterocycles. The predicted molar refractivity (Wildman–Crippen MR) is 130 cm³/mol. The molecule has 0 saturated heterocycles. The fourth-order valence-corrected chi connectivity index (χ4v) is 3.74. The molecule has 0 saturated carbocycles. The Morgan fingerprint density at radius 1 is 0.939 bits per heavy atom. The standard InChI is InChI=1S/C26H22BrNO5/c1-2-30-23-17-18(16-22-26(29)33-25(28-22)19-9-5-3-6-10-19)15-21(27)24(23)32-14-13-31-20-11-7-4-8-12-20/h3-12,15-17H,2,13-14H2,1H3. The topological polar surface area (TPSA) is 66.4 Å². The van der Waals surface area contributed by atoms with Gasteiger partial charge in [-0.2, -0.15) is 0 Å². The van der Waals surface area contributed by atoms with Crippen molar-refractivity contribution in [2.75, 3.05) is 19.8 Å². The Bertz CT molecular complexity index is 1180. The Morgan fingerprint density at radius 3 is 2.36 bits per heavy atom. The lowest BCUT2D eigenvalue weighted by Crippen LogP contribution is -2.10. The summed E-state index contributed by atoms with van der Waals surface area (Å²) in [5, 5.41) is 0. The van der Waals surface area contributed by atoms with Crippen molar-refractivity contribution in [2.45, 2.75) is 6.92 Å². The molecule has 0 unspecified atom stereocenters. The zero-order valence-corrected chi connectivity index (χ0v) is 19.6.